The summed E-state index contributed by atoms with van der Waals surface area (Å²) in [5, 5.41) is 2.21. The van der Waals surface area contributed by atoms with E-state index in [1.807, 2.05) is 0 Å². The number of hydrogen-bond donors (Lipinski definition) is 0. The minimum atomic E-state index is -0.120. The Morgan fingerprint density at radius 2 is 0.529 bits per heavy atom. The molecule has 0 aliphatic carbocycles. The van der Waals surface area contributed by atoms with Gasteiger partial charge in [-0.15, -0.1) is 0 Å². The molecule has 0 spiro atoms. The van der Waals surface area contributed by atoms with Crippen LogP contribution in [-0.4, -0.2) is 19.5 Å². The van der Waals surface area contributed by atoms with Gasteiger partial charge in [-0.25, -0.2) is 4.79 Å². The summed E-state index contributed by atoms with van der Waals surface area (Å²) in [5.41, 5.74) is 24.3. The molecule has 0 bridgehead atoms. The number of carbonyl (C=O) groups is 1. The van der Waals surface area contributed by atoms with E-state index in [1.165, 1.54) is 21.9 Å². The predicted octanol–water partition coefficient (Wildman–Crippen LogP) is 11.0. The van der Waals surface area contributed by atoms with Crippen LogP contribution in [0.5, 0.6) is 0 Å². The average Bonchev–Trinajstić information content (AvgIpc) is 3.39. The minimum absolute atomic E-state index is 0.0661. The first-order valence-electron chi connectivity index (χ1n) is 23.5. The molecule has 7 aliphatic rings. The highest BCUT2D eigenvalue weighted by Gasteiger charge is 2.57. The monoisotopic (exact) mass is 864 g/mol. The van der Waals surface area contributed by atoms with E-state index in [9.17, 15) is 0 Å². The molecule has 0 saturated heterocycles. The van der Waals surface area contributed by atoms with Gasteiger partial charge in [0.05, 0.1) is 11.4 Å². The number of amides is 2. The van der Waals surface area contributed by atoms with Gasteiger partial charge in [0.25, 0.3) is 13.4 Å². The van der Waals surface area contributed by atoms with Crippen LogP contribution < -0.4 is 62.2 Å². The molecule has 0 unspecified atom stereocenters. The van der Waals surface area contributed by atoms with Crippen molar-refractivity contribution in [3.63, 3.8) is 0 Å². The van der Waals surface area contributed by atoms with Crippen molar-refractivity contribution in [1.29, 1.82) is 0 Å². The van der Waals surface area contributed by atoms with Crippen LogP contribution in [-0.2, 0) is 0 Å². The summed E-state index contributed by atoms with van der Waals surface area (Å²) in [6.45, 7) is -0.240. The van der Waals surface area contributed by atoms with E-state index in [-0.39, 0.29) is 19.5 Å². The van der Waals surface area contributed by atoms with Crippen molar-refractivity contribution in [3.8, 4) is 0 Å². The van der Waals surface area contributed by atoms with Crippen LogP contribution in [0.4, 0.5) is 95.8 Å². The van der Waals surface area contributed by atoms with E-state index in [4.69, 9.17) is 0 Å². The van der Waals surface area contributed by atoms with Gasteiger partial charge >= 0.3 is 6.03 Å². The number of benzene rings is 10. The molecule has 17 rings (SSSR count). The Bertz CT molecular complexity index is 3690. The lowest BCUT2D eigenvalue weighted by Crippen LogP contribution is -2.69. The van der Waals surface area contributed by atoms with E-state index in [1.54, 1.807) is 0 Å². The molecule has 0 N–H and O–H groups in total. The van der Waals surface area contributed by atoms with E-state index in [2.05, 4.69) is 236 Å². The van der Waals surface area contributed by atoms with Crippen molar-refractivity contribution < 1.29 is 4.79 Å². The van der Waals surface area contributed by atoms with Gasteiger partial charge in [-0.2, -0.15) is 0 Å². The maximum Gasteiger partial charge on any atom is 0.338 e. The molecular weight excluding hydrogens is 830 g/mol. The Balaban J connectivity index is 1.06. The first-order chi connectivity index (χ1) is 33.7. The summed E-state index contributed by atoms with van der Waals surface area (Å²) in [6, 6.07) is 74.5. The second-order valence-corrected chi connectivity index (χ2v) is 18.8. The number of anilines is 16. The number of para-hydroxylation sites is 4. The molecule has 7 heterocycles. The zero-order valence-electron chi connectivity index (χ0n) is 36.4. The predicted molar refractivity (Wildman–Crippen MR) is 282 cm³/mol. The molecule has 68 heavy (non-hydrogen) atoms. The molecule has 0 saturated carbocycles. The van der Waals surface area contributed by atoms with Crippen LogP contribution in [0.25, 0.3) is 10.8 Å². The highest BCUT2D eigenvalue weighted by Crippen LogP contribution is 2.57. The lowest BCUT2D eigenvalue weighted by atomic mass is 9.30. The Labute approximate surface area is 392 Å². The SMILES string of the molecule is O=C1N2c3cccc4c3B3c5c(cccc5N(c5ccccc5)c5cc6cc7c8c(c6c2c53)N1c1cccc2c1B8c1c(cccc1N7c1ccccc1)N2c1ccccc1)N4c1ccccc1. The molecule has 2 amide bonds. The first-order valence-corrected chi connectivity index (χ1v) is 23.5. The maximum atomic E-state index is 16.7. The van der Waals surface area contributed by atoms with E-state index in [0.29, 0.717) is 0 Å². The zero-order chi connectivity index (χ0) is 44.1. The summed E-state index contributed by atoms with van der Waals surface area (Å²) < 4.78 is 0. The first kappa shape index (κ1) is 35.3. The van der Waals surface area contributed by atoms with E-state index < -0.39 is 0 Å². The van der Waals surface area contributed by atoms with Crippen LogP contribution in [0.1, 0.15) is 0 Å². The number of carbonyl (C=O) groups excluding carboxylic acids is 1. The summed E-state index contributed by atoms with van der Waals surface area (Å²) >= 11 is 0. The smallest absolute Gasteiger partial charge is 0.311 e. The third-order valence-corrected chi connectivity index (χ3v) is 15.7. The zero-order valence-corrected chi connectivity index (χ0v) is 36.4. The molecule has 0 fully saturated rings. The molecule has 9 heteroatoms. The standard InChI is InChI=1S/C59H34B2N6O/c68-59-66-46-31-15-27-42-53(46)60-51-40(62(42)36-17-5-1-6-18-36)25-13-29-44(51)64(38-21-9-3-10-22-38)48-33-35-34-49-56-58(50(35)57(66)55(48)60)67(59)47-32-16-28-43-54(47)61(56)52-41(63(43)37-19-7-2-8-20-37)26-14-30-45(52)65(49)39-23-11-4-12-24-39/h1-34H. The van der Waals surface area contributed by atoms with Crippen molar-refractivity contribution in [3.05, 3.63) is 206 Å². The molecular formula is C59H34B2N6O. The second-order valence-electron chi connectivity index (χ2n) is 18.8. The topological polar surface area (TPSA) is 36.5 Å². The Morgan fingerprint density at radius 1 is 0.265 bits per heavy atom. The quantitative estimate of drug-likeness (QED) is 0.165. The number of nitrogens with zero attached hydrogens (tertiary/aromatic N) is 6. The van der Waals surface area contributed by atoms with Gasteiger partial charge < -0.3 is 19.6 Å². The highest BCUT2D eigenvalue weighted by molar-refractivity contribution is 7.04. The lowest BCUT2D eigenvalue weighted by molar-refractivity contribution is 0.255. The number of fused-ring (bicyclic) bond motifs is 2. The largest absolute Gasteiger partial charge is 0.338 e. The molecule has 10 aromatic carbocycles. The third-order valence-electron chi connectivity index (χ3n) is 15.7. The van der Waals surface area contributed by atoms with Crippen LogP contribution in [0, 0.1) is 0 Å². The number of rotatable bonds is 4. The van der Waals surface area contributed by atoms with Crippen molar-refractivity contribution >= 4 is 154 Å². The average molecular weight is 865 g/mol. The molecule has 10 aromatic rings. The van der Waals surface area contributed by atoms with Gasteiger partial charge in [0, 0.05) is 85.0 Å². The highest BCUT2D eigenvalue weighted by atomic mass is 16.2. The van der Waals surface area contributed by atoms with Crippen LogP contribution in [0.15, 0.2) is 206 Å². The number of urea groups is 1. The Kier molecular flexibility index (Phi) is 6.38. The van der Waals surface area contributed by atoms with Gasteiger partial charge in [-0.1, -0.05) is 97.1 Å². The maximum absolute atomic E-state index is 16.7. The normalized spacial score (nSPS) is 15.1. The van der Waals surface area contributed by atoms with E-state index >= 15 is 4.79 Å². The van der Waals surface area contributed by atoms with Crippen molar-refractivity contribution in [2.75, 3.05) is 29.4 Å². The summed E-state index contributed by atoms with van der Waals surface area (Å²) in [7, 11) is 0. The van der Waals surface area contributed by atoms with Crippen molar-refractivity contribution in [2.45, 2.75) is 0 Å². The fraction of sp³-hybridized carbons (Fsp3) is 0. The van der Waals surface area contributed by atoms with Crippen LogP contribution >= 0.6 is 0 Å². The Hall–Kier alpha value is -8.94. The van der Waals surface area contributed by atoms with Gasteiger partial charge in [-0.3, -0.25) is 9.80 Å². The van der Waals surface area contributed by atoms with Gasteiger partial charge in [0.2, 0.25) is 0 Å². The number of hydrogen-bond acceptors (Lipinski definition) is 5. The van der Waals surface area contributed by atoms with Crippen LogP contribution in [0.2, 0.25) is 0 Å². The lowest BCUT2D eigenvalue weighted by Gasteiger charge is -2.54. The van der Waals surface area contributed by atoms with Crippen molar-refractivity contribution in [2.24, 2.45) is 0 Å². The summed E-state index contributed by atoms with van der Waals surface area (Å²) in [4.78, 5) is 30.6. The fourth-order valence-electron chi connectivity index (χ4n) is 13.4. The molecule has 312 valence electrons. The third kappa shape index (κ3) is 4.03. The summed E-state index contributed by atoms with van der Waals surface area (Å²) in [6.07, 6.45) is 0. The van der Waals surface area contributed by atoms with Crippen molar-refractivity contribution in [1.82, 2.24) is 0 Å². The summed E-state index contributed by atoms with van der Waals surface area (Å²) in [5.74, 6) is 0. The fourth-order valence-corrected chi connectivity index (χ4v) is 13.4. The molecule has 7 nitrogen and oxygen atoms in total. The molecule has 0 atom stereocenters. The van der Waals surface area contributed by atoms with E-state index in [0.717, 1.165) is 113 Å². The molecule has 0 radical (unpaired) electrons. The van der Waals surface area contributed by atoms with Gasteiger partial charge in [-0.05, 0) is 147 Å². The second kappa shape index (κ2) is 12.3. The van der Waals surface area contributed by atoms with Gasteiger partial charge in [0.15, 0.2) is 0 Å². The molecule has 7 aliphatic heterocycles. The molecule has 0 aromatic heterocycles. The minimum Gasteiger partial charge on any atom is -0.311 e. The van der Waals surface area contributed by atoms with Gasteiger partial charge in [0.1, 0.15) is 0 Å². The Morgan fingerprint density at radius 3 is 0.824 bits per heavy atom. The van der Waals surface area contributed by atoms with Crippen LogP contribution in [0.3, 0.4) is 0 Å².